The van der Waals surface area contributed by atoms with E-state index in [4.69, 9.17) is 9.84 Å². The minimum absolute atomic E-state index is 0.111. The van der Waals surface area contributed by atoms with Gasteiger partial charge in [0.15, 0.2) is 0 Å². The molecule has 5 heteroatoms. The molecule has 1 rings (SSSR count). The number of phenolic OH excluding ortho intramolecular Hbond substituents is 1. The van der Waals surface area contributed by atoms with Crippen LogP contribution >= 0.6 is 0 Å². The second-order valence-electron chi connectivity index (χ2n) is 4.39. The number of benzene rings is 1. The Morgan fingerprint density at radius 3 is 2.56 bits per heavy atom. The molecule has 1 amide bonds. The number of rotatable bonds is 5. The third-order valence-electron chi connectivity index (χ3n) is 2.77. The molecule has 5 nitrogen and oxygen atoms in total. The fraction of sp³-hybridized carbons (Fsp3) is 0.462. The van der Waals surface area contributed by atoms with Gasteiger partial charge in [0, 0.05) is 6.07 Å². The van der Waals surface area contributed by atoms with Crippen LogP contribution in [0.3, 0.4) is 0 Å². The molecule has 0 heterocycles. The summed E-state index contributed by atoms with van der Waals surface area (Å²) in [5.41, 5.74) is 0.162. The first-order valence-electron chi connectivity index (χ1n) is 5.78. The molecule has 3 N–H and O–H groups in total. The molecule has 0 saturated heterocycles. The van der Waals surface area contributed by atoms with Gasteiger partial charge in [-0.3, -0.25) is 4.79 Å². The second-order valence-corrected chi connectivity index (χ2v) is 4.39. The minimum Gasteiger partial charge on any atom is -0.507 e. The Morgan fingerprint density at radius 2 is 2.11 bits per heavy atom. The monoisotopic (exact) mass is 253 g/mol. The van der Waals surface area contributed by atoms with Gasteiger partial charge in [0.25, 0.3) is 5.91 Å². The van der Waals surface area contributed by atoms with Crippen molar-refractivity contribution < 1.29 is 19.7 Å². The number of aliphatic hydroxyl groups excluding tert-OH is 1. The first-order valence-corrected chi connectivity index (χ1v) is 5.78. The first kappa shape index (κ1) is 14.3. The van der Waals surface area contributed by atoms with Crippen LogP contribution in [0, 0.1) is 5.92 Å². The van der Waals surface area contributed by atoms with Gasteiger partial charge in [0.2, 0.25) is 0 Å². The zero-order chi connectivity index (χ0) is 13.7. The van der Waals surface area contributed by atoms with Crippen molar-refractivity contribution in [1.82, 2.24) is 5.32 Å². The molecular weight excluding hydrogens is 234 g/mol. The van der Waals surface area contributed by atoms with Crippen molar-refractivity contribution in [3.63, 3.8) is 0 Å². The fourth-order valence-electron chi connectivity index (χ4n) is 1.50. The maximum absolute atomic E-state index is 11.9. The van der Waals surface area contributed by atoms with E-state index in [1.165, 1.54) is 19.2 Å². The number of hydrogen-bond donors (Lipinski definition) is 3. The highest BCUT2D eigenvalue weighted by Crippen LogP contribution is 2.23. The fourth-order valence-corrected chi connectivity index (χ4v) is 1.50. The van der Waals surface area contributed by atoms with Crippen LogP contribution in [0.2, 0.25) is 0 Å². The average molecular weight is 253 g/mol. The number of carbonyl (C=O) groups excluding carboxylic acids is 1. The average Bonchev–Trinajstić information content (AvgIpc) is 2.34. The summed E-state index contributed by atoms with van der Waals surface area (Å²) in [5, 5.41) is 21.5. The van der Waals surface area contributed by atoms with Gasteiger partial charge in [0.1, 0.15) is 11.5 Å². The molecular formula is C13H19NO4. The van der Waals surface area contributed by atoms with Crippen molar-refractivity contribution in [2.45, 2.75) is 19.9 Å². The molecule has 100 valence electrons. The van der Waals surface area contributed by atoms with Gasteiger partial charge in [-0.05, 0) is 18.1 Å². The van der Waals surface area contributed by atoms with Crippen LogP contribution in [0.1, 0.15) is 24.2 Å². The second kappa shape index (κ2) is 6.26. The number of methoxy groups -OCH3 is 1. The Morgan fingerprint density at radius 1 is 1.44 bits per heavy atom. The van der Waals surface area contributed by atoms with Crippen molar-refractivity contribution in [2.75, 3.05) is 13.7 Å². The number of amides is 1. The lowest BCUT2D eigenvalue weighted by Gasteiger charge is -2.20. The Hall–Kier alpha value is -1.75. The molecule has 18 heavy (non-hydrogen) atoms. The molecule has 0 radical (unpaired) electrons. The first-order chi connectivity index (χ1) is 8.49. The highest BCUT2D eigenvalue weighted by atomic mass is 16.5. The predicted octanol–water partition coefficient (Wildman–Crippen LogP) is 1.15. The topological polar surface area (TPSA) is 78.8 Å². The molecule has 0 spiro atoms. The molecule has 0 unspecified atom stereocenters. The van der Waals surface area contributed by atoms with E-state index in [9.17, 15) is 9.90 Å². The molecule has 0 aromatic heterocycles. The summed E-state index contributed by atoms with van der Waals surface area (Å²) in [4.78, 5) is 11.9. The maximum atomic E-state index is 11.9. The number of phenols is 1. The summed E-state index contributed by atoms with van der Waals surface area (Å²) >= 11 is 0. The van der Waals surface area contributed by atoms with Crippen LogP contribution in [0.4, 0.5) is 0 Å². The number of hydrogen-bond acceptors (Lipinski definition) is 4. The minimum atomic E-state index is -0.414. The van der Waals surface area contributed by atoms with E-state index in [1.807, 2.05) is 13.8 Å². The molecule has 0 saturated carbocycles. The molecule has 1 atom stereocenters. The molecule has 0 fully saturated rings. The van der Waals surface area contributed by atoms with E-state index in [-0.39, 0.29) is 29.9 Å². The summed E-state index contributed by atoms with van der Waals surface area (Å²) in [7, 11) is 1.48. The van der Waals surface area contributed by atoms with E-state index in [0.29, 0.717) is 5.75 Å². The largest absolute Gasteiger partial charge is 0.507 e. The van der Waals surface area contributed by atoms with Crippen LogP contribution < -0.4 is 10.1 Å². The Kier molecular flexibility index (Phi) is 4.97. The Labute approximate surface area is 106 Å². The third-order valence-corrected chi connectivity index (χ3v) is 2.77. The number of aliphatic hydroxyl groups is 1. The lowest BCUT2D eigenvalue weighted by molar-refractivity contribution is 0.0894. The normalized spacial score (nSPS) is 12.3. The van der Waals surface area contributed by atoms with E-state index in [0.717, 1.165) is 0 Å². The van der Waals surface area contributed by atoms with Gasteiger partial charge < -0.3 is 20.3 Å². The predicted molar refractivity (Wildman–Crippen MR) is 67.8 cm³/mol. The zero-order valence-electron chi connectivity index (χ0n) is 10.8. The van der Waals surface area contributed by atoms with E-state index in [1.54, 1.807) is 6.07 Å². The summed E-state index contributed by atoms with van der Waals surface area (Å²) < 4.78 is 4.94. The summed E-state index contributed by atoms with van der Waals surface area (Å²) in [5.74, 6) is 0.0288. The maximum Gasteiger partial charge on any atom is 0.255 e. The van der Waals surface area contributed by atoms with Crippen LogP contribution in [-0.4, -0.2) is 35.9 Å². The number of carbonyl (C=O) groups is 1. The lowest BCUT2D eigenvalue weighted by Crippen LogP contribution is -2.41. The van der Waals surface area contributed by atoms with Crippen LogP contribution in [-0.2, 0) is 0 Å². The van der Waals surface area contributed by atoms with E-state index < -0.39 is 5.91 Å². The molecule has 0 aliphatic heterocycles. The highest BCUT2D eigenvalue weighted by Gasteiger charge is 2.18. The quantitative estimate of drug-likeness (QED) is 0.735. The van der Waals surface area contributed by atoms with Crippen molar-refractivity contribution in [1.29, 1.82) is 0 Å². The third kappa shape index (κ3) is 3.37. The van der Waals surface area contributed by atoms with Gasteiger partial charge >= 0.3 is 0 Å². The molecule has 0 aliphatic rings. The number of ether oxygens (including phenoxy) is 1. The van der Waals surface area contributed by atoms with Crippen molar-refractivity contribution in [3.05, 3.63) is 23.8 Å². The van der Waals surface area contributed by atoms with Crippen molar-refractivity contribution in [3.8, 4) is 11.5 Å². The van der Waals surface area contributed by atoms with Crippen LogP contribution in [0.25, 0.3) is 0 Å². The number of aromatic hydroxyl groups is 1. The Bertz CT molecular complexity index is 417. The molecule has 0 aliphatic carbocycles. The highest BCUT2D eigenvalue weighted by molar-refractivity contribution is 5.97. The van der Waals surface area contributed by atoms with Gasteiger partial charge in [-0.2, -0.15) is 0 Å². The van der Waals surface area contributed by atoms with E-state index >= 15 is 0 Å². The van der Waals surface area contributed by atoms with Gasteiger partial charge in [-0.25, -0.2) is 0 Å². The number of nitrogens with one attached hydrogen (secondary N) is 1. The molecule has 1 aromatic rings. The van der Waals surface area contributed by atoms with Crippen LogP contribution in [0.15, 0.2) is 18.2 Å². The molecule has 1 aromatic carbocycles. The zero-order valence-corrected chi connectivity index (χ0v) is 10.8. The SMILES string of the molecule is COc1ccc(C(=O)N[C@H](CO)C(C)C)c(O)c1. The smallest absolute Gasteiger partial charge is 0.255 e. The van der Waals surface area contributed by atoms with Crippen molar-refractivity contribution in [2.24, 2.45) is 5.92 Å². The van der Waals surface area contributed by atoms with E-state index in [2.05, 4.69) is 5.32 Å². The lowest BCUT2D eigenvalue weighted by atomic mass is 10.0. The van der Waals surface area contributed by atoms with Gasteiger partial charge in [-0.15, -0.1) is 0 Å². The summed E-state index contributed by atoms with van der Waals surface area (Å²) in [6.07, 6.45) is 0. The molecule has 0 bridgehead atoms. The Balaban J connectivity index is 2.84. The standard InChI is InChI=1S/C13H19NO4/c1-8(2)11(7-15)14-13(17)10-5-4-9(18-3)6-12(10)16/h4-6,8,11,15-16H,7H2,1-3H3,(H,14,17)/t11-/m1/s1. The summed E-state index contributed by atoms with van der Waals surface area (Å²) in [6.45, 7) is 3.66. The summed E-state index contributed by atoms with van der Waals surface area (Å²) in [6, 6.07) is 4.12. The van der Waals surface area contributed by atoms with Gasteiger partial charge in [0.05, 0.1) is 25.3 Å². The van der Waals surface area contributed by atoms with Crippen LogP contribution in [0.5, 0.6) is 11.5 Å². The van der Waals surface area contributed by atoms with Crippen molar-refractivity contribution >= 4 is 5.91 Å². The van der Waals surface area contributed by atoms with Gasteiger partial charge in [-0.1, -0.05) is 13.8 Å².